The molecule has 1 aliphatic heterocycles. The van der Waals surface area contributed by atoms with E-state index in [1.807, 2.05) is 29.2 Å². The largest absolute Gasteiger partial charge is 0.322 e. The molecule has 0 atom stereocenters. The number of anilines is 1. The van der Waals surface area contributed by atoms with Gasteiger partial charge in [-0.25, -0.2) is 9.18 Å². The molecule has 0 spiro atoms. The Morgan fingerprint density at radius 3 is 2.38 bits per heavy atom. The van der Waals surface area contributed by atoms with Gasteiger partial charge >= 0.3 is 6.03 Å². The van der Waals surface area contributed by atoms with Gasteiger partial charge in [0.15, 0.2) is 0 Å². The summed E-state index contributed by atoms with van der Waals surface area (Å²) < 4.78 is 13.8. The first-order valence-corrected chi connectivity index (χ1v) is 8.68. The maximum atomic E-state index is 12.9. The number of amides is 2. The molecule has 126 valence electrons. The number of hydrogen-bond acceptors (Lipinski definition) is 2. The lowest BCUT2D eigenvalue weighted by atomic mass is 10.2. The number of urea groups is 1. The first-order valence-electron chi connectivity index (χ1n) is 7.89. The Morgan fingerprint density at radius 2 is 1.71 bits per heavy atom. The van der Waals surface area contributed by atoms with E-state index in [0.29, 0.717) is 13.1 Å². The minimum absolute atomic E-state index is 0.0802. The molecule has 2 aromatic rings. The van der Waals surface area contributed by atoms with Gasteiger partial charge in [-0.1, -0.05) is 24.3 Å². The van der Waals surface area contributed by atoms with E-state index in [0.717, 1.165) is 35.4 Å². The van der Waals surface area contributed by atoms with E-state index >= 15 is 0 Å². The topological polar surface area (TPSA) is 35.6 Å². The summed E-state index contributed by atoms with van der Waals surface area (Å²) >= 11 is 3.43. The van der Waals surface area contributed by atoms with Gasteiger partial charge in [-0.05, 0) is 45.8 Å². The summed E-state index contributed by atoms with van der Waals surface area (Å²) in [6, 6.07) is 14.1. The van der Waals surface area contributed by atoms with Crippen LogP contribution in [0.1, 0.15) is 5.56 Å². The highest BCUT2D eigenvalue weighted by Gasteiger charge is 2.21. The lowest BCUT2D eigenvalue weighted by molar-refractivity contribution is 0.143. The third-order valence-corrected chi connectivity index (χ3v) is 4.79. The first kappa shape index (κ1) is 16.9. The summed E-state index contributed by atoms with van der Waals surface area (Å²) in [7, 11) is 0. The van der Waals surface area contributed by atoms with Crippen molar-refractivity contribution in [3.05, 3.63) is 64.4 Å². The van der Waals surface area contributed by atoms with Crippen LogP contribution in [0.5, 0.6) is 0 Å². The van der Waals surface area contributed by atoms with Gasteiger partial charge in [0.1, 0.15) is 5.82 Å². The van der Waals surface area contributed by atoms with Crippen LogP contribution < -0.4 is 5.32 Å². The molecule has 1 fully saturated rings. The Bertz CT molecular complexity index is 700. The zero-order chi connectivity index (χ0) is 16.9. The van der Waals surface area contributed by atoms with Crippen molar-refractivity contribution in [3.8, 4) is 0 Å². The molecule has 2 amide bonds. The fourth-order valence-corrected chi connectivity index (χ4v) is 3.10. The van der Waals surface area contributed by atoms with E-state index in [1.165, 1.54) is 12.1 Å². The second kappa shape index (κ2) is 7.77. The van der Waals surface area contributed by atoms with Crippen LogP contribution in [0.4, 0.5) is 14.9 Å². The van der Waals surface area contributed by atoms with Crippen LogP contribution in [0.15, 0.2) is 53.0 Å². The molecule has 0 unspecified atom stereocenters. The van der Waals surface area contributed by atoms with Gasteiger partial charge in [0.05, 0.1) is 5.69 Å². The standard InChI is InChI=1S/C18H19BrFN3O/c19-16-3-1-2-4-17(16)21-18(24)23-11-9-22(10-12-23)13-14-5-7-15(20)8-6-14/h1-8H,9-13H2,(H,21,24). The third-order valence-electron chi connectivity index (χ3n) is 4.09. The van der Waals surface area contributed by atoms with Crippen molar-refractivity contribution in [1.82, 2.24) is 9.80 Å². The highest BCUT2D eigenvalue weighted by atomic mass is 79.9. The van der Waals surface area contributed by atoms with Crippen LogP contribution in [0.3, 0.4) is 0 Å². The highest BCUT2D eigenvalue weighted by molar-refractivity contribution is 9.10. The van der Waals surface area contributed by atoms with Crippen molar-refractivity contribution in [3.63, 3.8) is 0 Å². The van der Waals surface area contributed by atoms with Crippen molar-refractivity contribution in [2.75, 3.05) is 31.5 Å². The zero-order valence-electron chi connectivity index (χ0n) is 13.2. The summed E-state index contributed by atoms with van der Waals surface area (Å²) in [5.41, 5.74) is 1.86. The van der Waals surface area contributed by atoms with Crippen molar-refractivity contribution in [1.29, 1.82) is 0 Å². The minimum atomic E-state index is -0.215. The number of nitrogens with zero attached hydrogens (tertiary/aromatic N) is 2. The van der Waals surface area contributed by atoms with Gasteiger partial charge in [-0.15, -0.1) is 0 Å². The molecular formula is C18H19BrFN3O. The quantitative estimate of drug-likeness (QED) is 0.859. The van der Waals surface area contributed by atoms with Crippen molar-refractivity contribution in [2.24, 2.45) is 0 Å². The molecule has 0 bridgehead atoms. The molecule has 2 aromatic carbocycles. The molecule has 0 saturated carbocycles. The number of rotatable bonds is 3. The Labute approximate surface area is 149 Å². The SMILES string of the molecule is O=C(Nc1ccccc1Br)N1CCN(Cc2ccc(F)cc2)CC1. The van der Waals surface area contributed by atoms with Gasteiger partial charge in [0.25, 0.3) is 0 Å². The van der Waals surface area contributed by atoms with Crippen LogP contribution in [-0.4, -0.2) is 42.0 Å². The Morgan fingerprint density at radius 1 is 1.04 bits per heavy atom. The van der Waals surface area contributed by atoms with E-state index in [4.69, 9.17) is 0 Å². The average Bonchev–Trinajstić information content (AvgIpc) is 2.59. The number of para-hydroxylation sites is 1. The number of carbonyl (C=O) groups excluding carboxylic acids is 1. The normalized spacial score (nSPS) is 15.3. The van der Waals surface area contributed by atoms with Crippen molar-refractivity contribution in [2.45, 2.75) is 6.54 Å². The molecule has 24 heavy (non-hydrogen) atoms. The first-order chi connectivity index (χ1) is 11.6. The average molecular weight is 392 g/mol. The van der Waals surface area contributed by atoms with Gasteiger partial charge < -0.3 is 10.2 Å². The van der Waals surface area contributed by atoms with E-state index in [2.05, 4.69) is 26.1 Å². The van der Waals surface area contributed by atoms with Crippen molar-refractivity contribution < 1.29 is 9.18 Å². The predicted octanol–water partition coefficient (Wildman–Crippen LogP) is 3.94. The number of halogens is 2. The summed E-state index contributed by atoms with van der Waals surface area (Å²) in [4.78, 5) is 16.4. The maximum Gasteiger partial charge on any atom is 0.321 e. The monoisotopic (exact) mass is 391 g/mol. The zero-order valence-corrected chi connectivity index (χ0v) is 14.8. The highest BCUT2D eigenvalue weighted by Crippen LogP contribution is 2.21. The molecular weight excluding hydrogens is 373 g/mol. The van der Waals surface area contributed by atoms with Gasteiger partial charge in [-0.2, -0.15) is 0 Å². The molecule has 0 aromatic heterocycles. The van der Waals surface area contributed by atoms with E-state index < -0.39 is 0 Å². The van der Waals surface area contributed by atoms with Crippen LogP contribution in [0, 0.1) is 5.82 Å². The second-order valence-corrected chi connectivity index (χ2v) is 6.65. The van der Waals surface area contributed by atoms with Gasteiger partial charge in [-0.3, -0.25) is 4.90 Å². The number of hydrogen-bond donors (Lipinski definition) is 1. The minimum Gasteiger partial charge on any atom is -0.322 e. The van der Waals surface area contributed by atoms with E-state index in [-0.39, 0.29) is 11.8 Å². The molecule has 1 heterocycles. The smallest absolute Gasteiger partial charge is 0.321 e. The lowest BCUT2D eigenvalue weighted by Crippen LogP contribution is -2.49. The van der Waals surface area contributed by atoms with Crippen LogP contribution in [0.2, 0.25) is 0 Å². The lowest BCUT2D eigenvalue weighted by Gasteiger charge is -2.34. The number of carbonyl (C=O) groups is 1. The Hall–Kier alpha value is -1.92. The van der Waals surface area contributed by atoms with Crippen LogP contribution >= 0.6 is 15.9 Å². The van der Waals surface area contributed by atoms with Gasteiger partial charge in [0, 0.05) is 37.2 Å². The molecule has 3 rings (SSSR count). The molecule has 4 nitrogen and oxygen atoms in total. The Kier molecular flexibility index (Phi) is 5.48. The fraction of sp³-hybridized carbons (Fsp3) is 0.278. The van der Waals surface area contributed by atoms with Crippen LogP contribution in [0.25, 0.3) is 0 Å². The molecule has 6 heteroatoms. The number of benzene rings is 2. The summed E-state index contributed by atoms with van der Waals surface area (Å²) in [5.74, 6) is -0.215. The maximum absolute atomic E-state index is 12.9. The van der Waals surface area contributed by atoms with Crippen molar-refractivity contribution >= 4 is 27.6 Å². The number of piperazine rings is 1. The Balaban J connectivity index is 1.50. The molecule has 1 saturated heterocycles. The summed E-state index contributed by atoms with van der Waals surface area (Å²) in [6.45, 7) is 3.75. The molecule has 1 aliphatic rings. The molecule has 0 radical (unpaired) electrons. The molecule has 0 aliphatic carbocycles. The predicted molar refractivity (Wildman–Crippen MR) is 96.4 cm³/mol. The third kappa shape index (κ3) is 4.33. The second-order valence-electron chi connectivity index (χ2n) is 5.80. The fourth-order valence-electron chi connectivity index (χ4n) is 2.71. The summed E-state index contributed by atoms with van der Waals surface area (Å²) in [6.07, 6.45) is 0. The van der Waals surface area contributed by atoms with E-state index in [1.54, 1.807) is 12.1 Å². The van der Waals surface area contributed by atoms with Crippen LogP contribution in [-0.2, 0) is 6.54 Å². The summed E-state index contributed by atoms with van der Waals surface area (Å²) in [5, 5.41) is 2.93. The number of nitrogens with one attached hydrogen (secondary N) is 1. The molecule has 1 N–H and O–H groups in total. The van der Waals surface area contributed by atoms with Gasteiger partial charge in [0.2, 0.25) is 0 Å². The van der Waals surface area contributed by atoms with E-state index in [9.17, 15) is 9.18 Å².